The van der Waals surface area contributed by atoms with Gasteiger partial charge in [0.1, 0.15) is 5.75 Å². The lowest BCUT2D eigenvalue weighted by Gasteiger charge is -2.32. The fraction of sp³-hybridized carbons (Fsp3) is 0.667. The zero-order chi connectivity index (χ0) is 21.6. The number of hydrogen-bond acceptors (Lipinski definition) is 6. The Labute approximate surface area is 173 Å². The van der Waals surface area contributed by atoms with E-state index in [-0.39, 0.29) is 18.2 Å². The van der Waals surface area contributed by atoms with Crippen LogP contribution in [-0.4, -0.2) is 54.7 Å². The number of fused-ring (bicyclic) bond motifs is 1. The lowest BCUT2D eigenvalue weighted by atomic mass is 9.77. The summed E-state index contributed by atoms with van der Waals surface area (Å²) in [4.78, 5) is 14.5. The summed E-state index contributed by atoms with van der Waals surface area (Å²) in [5, 5.41) is 9.76. The molecule has 0 saturated carbocycles. The van der Waals surface area contributed by atoms with Gasteiger partial charge in [-0.2, -0.15) is 0 Å². The van der Waals surface area contributed by atoms with Crippen molar-refractivity contribution in [3.05, 3.63) is 23.3 Å². The molecule has 29 heavy (non-hydrogen) atoms. The molecule has 2 heterocycles. The second kappa shape index (κ2) is 7.91. The molecule has 0 aliphatic carbocycles. The van der Waals surface area contributed by atoms with Gasteiger partial charge in [-0.25, -0.2) is 0 Å². The van der Waals surface area contributed by atoms with E-state index in [1.54, 1.807) is 18.9 Å². The summed E-state index contributed by atoms with van der Waals surface area (Å²) in [7, 11) is 2.53. The molecular formula is C21H32BNO6. The van der Waals surface area contributed by atoms with E-state index < -0.39 is 24.6 Å². The van der Waals surface area contributed by atoms with Crippen molar-refractivity contribution in [2.45, 2.75) is 71.6 Å². The Kier molecular flexibility index (Phi) is 6.02. The smallest absolute Gasteiger partial charge is 0.497 e. The number of carbonyl (C=O) groups is 1. The van der Waals surface area contributed by atoms with Gasteiger partial charge in [0.25, 0.3) is 0 Å². The van der Waals surface area contributed by atoms with Gasteiger partial charge in [0.05, 0.1) is 18.3 Å². The van der Waals surface area contributed by atoms with E-state index in [0.29, 0.717) is 18.8 Å². The highest BCUT2D eigenvalue weighted by Gasteiger charge is 2.52. The van der Waals surface area contributed by atoms with Gasteiger partial charge in [-0.3, -0.25) is 4.79 Å². The second-order valence-electron chi connectivity index (χ2n) is 9.01. The maximum atomic E-state index is 12.7. The highest BCUT2D eigenvalue weighted by molar-refractivity contribution is 6.63. The fourth-order valence-corrected chi connectivity index (χ4v) is 3.69. The van der Waals surface area contributed by atoms with Crippen LogP contribution in [-0.2, 0) is 31.9 Å². The van der Waals surface area contributed by atoms with Crippen molar-refractivity contribution in [3.8, 4) is 5.75 Å². The largest absolute Gasteiger partial charge is 0.498 e. The van der Waals surface area contributed by atoms with Crippen molar-refractivity contribution in [1.82, 2.24) is 4.90 Å². The number of ether oxygens (including phenoxy) is 2. The van der Waals surface area contributed by atoms with Gasteiger partial charge in [-0.05, 0) is 44.9 Å². The minimum absolute atomic E-state index is 0.0130. The van der Waals surface area contributed by atoms with E-state index in [9.17, 15) is 9.90 Å². The van der Waals surface area contributed by atoms with Gasteiger partial charge in [-0.1, -0.05) is 13.0 Å². The molecule has 1 aromatic rings. The summed E-state index contributed by atoms with van der Waals surface area (Å²) in [6, 6.07) is 3.99. The molecule has 1 amide bonds. The molecule has 0 radical (unpaired) electrons. The number of hydrogen-bond donors (Lipinski definition) is 1. The fourth-order valence-electron chi connectivity index (χ4n) is 3.69. The highest BCUT2D eigenvalue weighted by Crippen LogP contribution is 2.38. The van der Waals surface area contributed by atoms with Crippen LogP contribution in [0.25, 0.3) is 0 Å². The third-order valence-electron chi connectivity index (χ3n) is 6.36. The normalized spacial score (nSPS) is 21.8. The van der Waals surface area contributed by atoms with Crippen molar-refractivity contribution in [1.29, 1.82) is 0 Å². The summed E-state index contributed by atoms with van der Waals surface area (Å²) >= 11 is 0. The van der Waals surface area contributed by atoms with E-state index in [1.165, 1.54) is 7.11 Å². The van der Waals surface area contributed by atoms with Crippen LogP contribution < -0.4 is 10.2 Å². The topological polar surface area (TPSA) is 77.5 Å². The Morgan fingerprint density at radius 1 is 1.17 bits per heavy atom. The molecule has 2 atom stereocenters. The number of aliphatic hydroxyl groups excluding tert-OH is 1. The maximum Gasteiger partial charge on any atom is 0.498 e. The van der Waals surface area contributed by atoms with Gasteiger partial charge in [-0.15, -0.1) is 0 Å². The number of rotatable bonds is 6. The van der Waals surface area contributed by atoms with Crippen molar-refractivity contribution < 1.29 is 28.7 Å². The van der Waals surface area contributed by atoms with Crippen LogP contribution in [0, 0.1) is 5.92 Å². The van der Waals surface area contributed by atoms with Crippen LogP contribution in [0.15, 0.2) is 12.1 Å². The van der Waals surface area contributed by atoms with Gasteiger partial charge >= 0.3 is 7.12 Å². The molecule has 7 nitrogen and oxygen atoms in total. The Bertz CT molecular complexity index is 765. The molecule has 1 N–H and O–H groups in total. The molecule has 0 spiro atoms. The first-order valence-electron chi connectivity index (χ1n) is 10.0. The predicted molar refractivity (Wildman–Crippen MR) is 110 cm³/mol. The summed E-state index contributed by atoms with van der Waals surface area (Å²) in [6.45, 7) is 10.9. The second-order valence-corrected chi connectivity index (χ2v) is 9.01. The summed E-state index contributed by atoms with van der Waals surface area (Å²) < 4.78 is 22.9. The number of nitrogens with zero attached hydrogens (tertiary/aromatic N) is 1. The SMILES string of the molecule is COc1cc2c(cc1B1OC(C)(C)C(C)(C)O1)CN(C(=O)C[C@H](C)C(O)OC)C2. The van der Waals surface area contributed by atoms with E-state index in [2.05, 4.69) is 0 Å². The van der Waals surface area contributed by atoms with Crippen LogP contribution in [0.3, 0.4) is 0 Å². The molecule has 0 bridgehead atoms. The third-order valence-corrected chi connectivity index (χ3v) is 6.36. The number of methoxy groups -OCH3 is 2. The zero-order valence-electron chi connectivity index (χ0n) is 18.4. The van der Waals surface area contributed by atoms with Crippen molar-refractivity contribution in [2.24, 2.45) is 5.92 Å². The minimum Gasteiger partial charge on any atom is -0.497 e. The number of amides is 1. The molecule has 2 aliphatic rings. The molecule has 3 rings (SSSR count). The molecule has 2 aliphatic heterocycles. The number of aliphatic hydroxyl groups is 1. The quantitative estimate of drug-likeness (QED) is 0.575. The molecule has 1 unspecified atom stereocenters. The molecule has 8 heteroatoms. The number of carbonyl (C=O) groups excluding carboxylic acids is 1. The third kappa shape index (κ3) is 4.17. The Balaban J connectivity index is 1.79. The Morgan fingerprint density at radius 2 is 1.72 bits per heavy atom. The minimum atomic E-state index is -0.945. The predicted octanol–water partition coefficient (Wildman–Crippen LogP) is 1.83. The first kappa shape index (κ1) is 22.1. The molecule has 0 aromatic heterocycles. The lowest BCUT2D eigenvalue weighted by molar-refractivity contribution is -0.141. The van der Waals surface area contributed by atoms with Gasteiger partial charge in [0, 0.05) is 38.0 Å². The van der Waals surface area contributed by atoms with Crippen LogP contribution >= 0.6 is 0 Å². The van der Waals surface area contributed by atoms with Gasteiger partial charge < -0.3 is 28.8 Å². The van der Waals surface area contributed by atoms with Crippen molar-refractivity contribution in [3.63, 3.8) is 0 Å². The summed E-state index contributed by atoms with van der Waals surface area (Å²) in [6.07, 6.45) is -0.719. The first-order valence-corrected chi connectivity index (χ1v) is 10.0. The van der Waals surface area contributed by atoms with Crippen molar-refractivity contribution >= 4 is 18.5 Å². The van der Waals surface area contributed by atoms with Crippen LogP contribution in [0.2, 0.25) is 0 Å². The molecule has 160 valence electrons. The molecule has 1 aromatic carbocycles. The monoisotopic (exact) mass is 405 g/mol. The summed E-state index contributed by atoms with van der Waals surface area (Å²) in [5.41, 5.74) is 2.06. The average molecular weight is 405 g/mol. The standard InChI is InChI=1S/C21H32BNO6/c1-13(19(25)27-7)8-18(24)23-11-14-9-16(17(26-6)10-15(14)12-23)22-28-20(2,3)21(4,5)29-22/h9-10,13,19,25H,8,11-12H2,1-7H3/t13-,19?/m0/s1. The highest BCUT2D eigenvalue weighted by atomic mass is 16.7. The molecule has 1 fully saturated rings. The maximum absolute atomic E-state index is 12.7. The lowest BCUT2D eigenvalue weighted by Crippen LogP contribution is -2.41. The van der Waals surface area contributed by atoms with E-state index in [0.717, 1.165) is 16.6 Å². The van der Waals surface area contributed by atoms with E-state index in [4.69, 9.17) is 18.8 Å². The Hall–Kier alpha value is -1.61. The molecule has 1 saturated heterocycles. The van der Waals surface area contributed by atoms with Crippen LogP contribution in [0.5, 0.6) is 5.75 Å². The Morgan fingerprint density at radius 3 is 2.24 bits per heavy atom. The van der Waals surface area contributed by atoms with E-state index in [1.807, 2.05) is 39.8 Å². The van der Waals surface area contributed by atoms with Gasteiger partial charge in [0.2, 0.25) is 5.91 Å². The van der Waals surface area contributed by atoms with Crippen molar-refractivity contribution in [2.75, 3.05) is 14.2 Å². The zero-order valence-corrected chi connectivity index (χ0v) is 18.4. The van der Waals surface area contributed by atoms with Gasteiger partial charge in [0.15, 0.2) is 6.29 Å². The summed E-state index contributed by atoms with van der Waals surface area (Å²) in [5.74, 6) is 0.409. The van der Waals surface area contributed by atoms with Crippen LogP contribution in [0.4, 0.5) is 0 Å². The van der Waals surface area contributed by atoms with Crippen LogP contribution in [0.1, 0.15) is 52.2 Å². The molecular weight excluding hydrogens is 373 g/mol. The van der Waals surface area contributed by atoms with E-state index >= 15 is 0 Å². The first-order chi connectivity index (χ1) is 13.5. The average Bonchev–Trinajstić information content (AvgIpc) is 3.16. The number of benzene rings is 1.